The second kappa shape index (κ2) is 7.16. The maximum absolute atomic E-state index is 4.21. The van der Waals surface area contributed by atoms with Gasteiger partial charge in [-0.3, -0.25) is 0 Å². The lowest BCUT2D eigenvalue weighted by molar-refractivity contribution is 0.686. The van der Waals surface area contributed by atoms with Crippen molar-refractivity contribution in [3.05, 3.63) is 96.6 Å². The van der Waals surface area contributed by atoms with Gasteiger partial charge in [-0.2, -0.15) is 0 Å². The smallest absolute Gasteiger partial charge is 0.0946 e. The van der Waals surface area contributed by atoms with Crippen LogP contribution in [0.3, 0.4) is 0 Å². The highest BCUT2D eigenvalue weighted by Crippen LogP contribution is 2.40. The van der Waals surface area contributed by atoms with Crippen LogP contribution in [-0.2, 0) is 6.54 Å². The molecule has 0 aliphatic carbocycles. The molecule has 3 aromatic carbocycles. The van der Waals surface area contributed by atoms with Crippen molar-refractivity contribution in [1.82, 2.24) is 9.55 Å². The fourth-order valence-electron chi connectivity index (χ4n) is 3.16. The maximum Gasteiger partial charge on any atom is 0.0946 e. The third-order valence-corrected chi connectivity index (χ3v) is 5.87. The number of aromatic nitrogens is 2. The van der Waals surface area contributed by atoms with Crippen LogP contribution < -0.4 is 0 Å². The Balaban J connectivity index is 1.78. The topological polar surface area (TPSA) is 17.8 Å². The maximum atomic E-state index is 4.21. The number of hydrogen-bond acceptors (Lipinski definition) is 2. The normalized spacial score (nSPS) is 12.4. The Kier molecular flexibility index (Phi) is 4.57. The molecule has 0 radical (unpaired) electrons. The van der Waals surface area contributed by atoms with Crippen LogP contribution in [0, 0.1) is 6.92 Å². The average Bonchev–Trinajstić information content (AvgIpc) is 3.16. The van der Waals surface area contributed by atoms with Gasteiger partial charge in [-0.15, -0.1) is 11.8 Å². The zero-order valence-electron chi connectivity index (χ0n) is 14.2. The van der Waals surface area contributed by atoms with Crippen molar-refractivity contribution in [3.8, 4) is 0 Å². The largest absolute Gasteiger partial charge is 0.336 e. The number of nitrogens with zero attached hydrogens (tertiary/aromatic N) is 2. The molecule has 124 valence electrons. The van der Waals surface area contributed by atoms with Crippen LogP contribution in [0.2, 0.25) is 0 Å². The molecule has 0 fully saturated rings. The van der Waals surface area contributed by atoms with Gasteiger partial charge in [-0.1, -0.05) is 60.7 Å². The molecule has 1 atom stereocenters. The molecule has 0 bridgehead atoms. The number of thioether (sulfide) groups is 1. The number of imidazole rings is 1. The van der Waals surface area contributed by atoms with Gasteiger partial charge in [-0.25, -0.2) is 4.98 Å². The highest BCUT2D eigenvalue weighted by atomic mass is 32.2. The second-order valence-corrected chi connectivity index (χ2v) is 7.44. The van der Waals surface area contributed by atoms with Crippen LogP contribution in [0.15, 0.2) is 90.3 Å². The average molecular weight is 344 g/mol. The molecule has 0 aliphatic rings. The quantitative estimate of drug-likeness (QED) is 0.421. The van der Waals surface area contributed by atoms with Crippen molar-refractivity contribution >= 4 is 22.5 Å². The van der Waals surface area contributed by atoms with Crippen LogP contribution in [0.25, 0.3) is 10.8 Å². The lowest BCUT2D eigenvalue weighted by Crippen LogP contribution is -2.06. The molecule has 3 heteroatoms. The van der Waals surface area contributed by atoms with Crippen LogP contribution in [0.4, 0.5) is 0 Å². The van der Waals surface area contributed by atoms with E-state index in [0.29, 0.717) is 5.25 Å². The Morgan fingerprint density at radius 2 is 1.76 bits per heavy atom. The molecule has 0 saturated carbocycles. The summed E-state index contributed by atoms with van der Waals surface area (Å²) in [7, 11) is 0. The van der Waals surface area contributed by atoms with Gasteiger partial charge in [0.25, 0.3) is 0 Å². The van der Waals surface area contributed by atoms with E-state index in [1.54, 1.807) is 0 Å². The second-order valence-electron chi connectivity index (χ2n) is 6.20. The summed E-state index contributed by atoms with van der Waals surface area (Å²) < 4.78 is 2.16. The fourth-order valence-corrected chi connectivity index (χ4v) is 4.46. The first-order valence-electron chi connectivity index (χ1n) is 8.47. The monoisotopic (exact) mass is 344 g/mol. The molecule has 0 aliphatic heterocycles. The van der Waals surface area contributed by atoms with Crippen molar-refractivity contribution in [3.63, 3.8) is 0 Å². The van der Waals surface area contributed by atoms with Crippen molar-refractivity contribution in [2.45, 2.75) is 23.6 Å². The Bertz CT molecular complexity index is 971. The minimum absolute atomic E-state index is 0.321. The Hall–Kier alpha value is -2.52. The van der Waals surface area contributed by atoms with Crippen molar-refractivity contribution in [1.29, 1.82) is 0 Å². The number of aryl methyl sites for hydroxylation is 1. The molecular formula is C22H20N2S. The van der Waals surface area contributed by atoms with Crippen molar-refractivity contribution < 1.29 is 0 Å². The number of hydrogen-bond donors (Lipinski definition) is 0. The predicted octanol–water partition coefficient (Wildman–Crippen LogP) is 5.88. The highest BCUT2D eigenvalue weighted by molar-refractivity contribution is 7.99. The lowest BCUT2D eigenvalue weighted by atomic mass is 10.0. The summed E-state index contributed by atoms with van der Waals surface area (Å²) >= 11 is 1.93. The first kappa shape index (κ1) is 16.0. The molecule has 1 unspecified atom stereocenters. The SMILES string of the molecule is Cc1ccccc1SC(Cn1ccnc1)c1cccc2ccccc12. The Morgan fingerprint density at radius 1 is 0.960 bits per heavy atom. The minimum Gasteiger partial charge on any atom is -0.336 e. The Labute approximate surface area is 152 Å². The van der Waals surface area contributed by atoms with Crippen LogP contribution in [0.1, 0.15) is 16.4 Å². The third kappa shape index (κ3) is 3.47. The molecule has 0 saturated heterocycles. The molecule has 1 heterocycles. The number of rotatable bonds is 5. The first-order valence-corrected chi connectivity index (χ1v) is 9.35. The van der Waals surface area contributed by atoms with E-state index in [0.717, 1.165) is 6.54 Å². The highest BCUT2D eigenvalue weighted by Gasteiger charge is 2.17. The molecule has 0 spiro atoms. The van der Waals surface area contributed by atoms with Gasteiger partial charge < -0.3 is 4.57 Å². The summed E-state index contributed by atoms with van der Waals surface area (Å²) in [5, 5.41) is 2.94. The molecule has 0 amide bonds. The zero-order valence-corrected chi connectivity index (χ0v) is 15.0. The summed E-state index contributed by atoms with van der Waals surface area (Å²) in [5.74, 6) is 0. The van der Waals surface area contributed by atoms with Crippen LogP contribution in [-0.4, -0.2) is 9.55 Å². The van der Waals surface area contributed by atoms with Gasteiger partial charge in [-0.05, 0) is 34.9 Å². The standard InChI is InChI=1S/C22H20N2S/c1-17-7-2-5-12-21(17)25-22(15-24-14-13-23-16-24)20-11-6-9-18-8-3-4-10-19(18)20/h2-14,16,22H,15H2,1H3. The summed E-state index contributed by atoms with van der Waals surface area (Å²) in [4.78, 5) is 5.54. The van der Waals surface area contributed by atoms with E-state index in [2.05, 4.69) is 83.2 Å². The van der Waals surface area contributed by atoms with Crippen molar-refractivity contribution in [2.24, 2.45) is 0 Å². The van der Waals surface area contributed by atoms with E-state index in [-0.39, 0.29) is 0 Å². The van der Waals surface area contributed by atoms with Gasteiger partial charge in [0, 0.05) is 23.8 Å². The Morgan fingerprint density at radius 3 is 2.60 bits per heavy atom. The molecule has 2 nitrogen and oxygen atoms in total. The molecule has 4 rings (SSSR count). The molecule has 0 N–H and O–H groups in total. The van der Waals surface area contributed by atoms with E-state index in [4.69, 9.17) is 0 Å². The van der Waals surface area contributed by atoms with Gasteiger partial charge in [0.2, 0.25) is 0 Å². The van der Waals surface area contributed by atoms with E-state index in [1.165, 1.54) is 26.8 Å². The molecule has 4 aromatic rings. The van der Waals surface area contributed by atoms with Gasteiger partial charge >= 0.3 is 0 Å². The van der Waals surface area contributed by atoms with E-state index in [9.17, 15) is 0 Å². The predicted molar refractivity (Wildman–Crippen MR) is 106 cm³/mol. The first-order chi connectivity index (χ1) is 12.3. The van der Waals surface area contributed by atoms with Gasteiger partial charge in [0.05, 0.1) is 11.6 Å². The molecular weight excluding hydrogens is 324 g/mol. The zero-order chi connectivity index (χ0) is 17.1. The summed E-state index contributed by atoms with van der Waals surface area (Å²) in [6.07, 6.45) is 5.78. The van der Waals surface area contributed by atoms with Gasteiger partial charge in [0.1, 0.15) is 0 Å². The third-order valence-electron chi connectivity index (χ3n) is 4.47. The summed E-state index contributed by atoms with van der Waals surface area (Å²) in [6.45, 7) is 3.08. The number of fused-ring (bicyclic) bond motifs is 1. The fraction of sp³-hybridized carbons (Fsp3) is 0.136. The van der Waals surface area contributed by atoms with E-state index in [1.807, 2.05) is 30.5 Å². The number of benzene rings is 3. The van der Waals surface area contributed by atoms with Crippen molar-refractivity contribution in [2.75, 3.05) is 0 Å². The summed E-state index contributed by atoms with van der Waals surface area (Å²) in [6, 6.07) is 23.9. The van der Waals surface area contributed by atoms with E-state index >= 15 is 0 Å². The van der Waals surface area contributed by atoms with Gasteiger partial charge in [0.15, 0.2) is 0 Å². The lowest BCUT2D eigenvalue weighted by Gasteiger charge is -2.20. The minimum atomic E-state index is 0.321. The molecule has 1 aromatic heterocycles. The molecule has 25 heavy (non-hydrogen) atoms. The van der Waals surface area contributed by atoms with Crippen LogP contribution >= 0.6 is 11.8 Å². The summed E-state index contributed by atoms with van der Waals surface area (Å²) in [5.41, 5.74) is 2.70. The van der Waals surface area contributed by atoms with E-state index < -0.39 is 0 Å². The van der Waals surface area contributed by atoms with Crippen LogP contribution in [0.5, 0.6) is 0 Å².